The Morgan fingerprint density at radius 1 is 1.09 bits per heavy atom. The first-order valence-corrected chi connectivity index (χ1v) is 13.7. The molecule has 8 nitrogen and oxygen atoms in total. The lowest BCUT2D eigenvalue weighted by Crippen LogP contribution is -2.51. The molecule has 0 aromatic heterocycles. The molecule has 0 saturated heterocycles. The number of carbonyl (C=O) groups is 2. The van der Waals surface area contributed by atoms with Crippen LogP contribution in [0.15, 0.2) is 53.0 Å². The van der Waals surface area contributed by atoms with Crippen LogP contribution in [0.2, 0.25) is 0 Å². The number of hydrogen-bond donors (Lipinski definition) is 1. The second-order valence-electron chi connectivity index (χ2n) is 7.79. The number of para-hydroxylation sites is 2. The van der Waals surface area contributed by atoms with E-state index < -0.39 is 28.5 Å². The van der Waals surface area contributed by atoms with E-state index >= 15 is 0 Å². The van der Waals surface area contributed by atoms with Gasteiger partial charge in [-0.15, -0.1) is 0 Å². The average molecular weight is 555 g/mol. The molecular formula is C24H32BrN3O5S. The summed E-state index contributed by atoms with van der Waals surface area (Å²) < 4.78 is 32.9. The Kier molecular flexibility index (Phi) is 10.4. The lowest BCUT2D eigenvalue weighted by atomic mass is 10.1. The summed E-state index contributed by atoms with van der Waals surface area (Å²) in [6, 6.07) is 13.3. The van der Waals surface area contributed by atoms with Crippen LogP contribution < -0.4 is 14.4 Å². The first kappa shape index (κ1) is 27.7. The minimum Gasteiger partial charge on any atom is -0.492 e. The first-order valence-electron chi connectivity index (χ1n) is 11.1. The Labute approximate surface area is 210 Å². The van der Waals surface area contributed by atoms with E-state index in [-0.39, 0.29) is 18.1 Å². The number of anilines is 1. The Morgan fingerprint density at radius 3 is 2.32 bits per heavy atom. The molecule has 2 aromatic carbocycles. The van der Waals surface area contributed by atoms with E-state index in [4.69, 9.17) is 4.74 Å². The highest BCUT2D eigenvalue weighted by Crippen LogP contribution is 2.30. The Morgan fingerprint density at radius 2 is 1.74 bits per heavy atom. The molecule has 0 bridgehead atoms. The molecule has 1 atom stereocenters. The van der Waals surface area contributed by atoms with E-state index in [2.05, 4.69) is 21.2 Å². The van der Waals surface area contributed by atoms with Gasteiger partial charge in [-0.1, -0.05) is 47.1 Å². The van der Waals surface area contributed by atoms with Gasteiger partial charge < -0.3 is 15.0 Å². The molecule has 0 aliphatic heterocycles. The van der Waals surface area contributed by atoms with Crippen molar-refractivity contribution in [1.82, 2.24) is 10.2 Å². The van der Waals surface area contributed by atoms with Crippen LogP contribution in [0.4, 0.5) is 5.69 Å². The van der Waals surface area contributed by atoms with Gasteiger partial charge in [-0.3, -0.25) is 13.9 Å². The van der Waals surface area contributed by atoms with Crippen LogP contribution >= 0.6 is 15.9 Å². The lowest BCUT2D eigenvalue weighted by Gasteiger charge is -2.32. The number of sulfonamides is 1. The highest BCUT2D eigenvalue weighted by atomic mass is 79.9. The molecule has 1 N–H and O–H groups in total. The van der Waals surface area contributed by atoms with Crippen LogP contribution in [0.25, 0.3) is 0 Å². The number of nitrogens with zero attached hydrogens (tertiary/aromatic N) is 2. The van der Waals surface area contributed by atoms with Crippen molar-refractivity contribution in [2.45, 2.75) is 39.8 Å². The maximum absolute atomic E-state index is 13.5. The SMILES string of the molecule is CCCNC(=O)C(C)N(Cc1ccc(Br)cc1)C(=O)CN(c1ccccc1OCC)S(C)(=O)=O. The fourth-order valence-electron chi connectivity index (χ4n) is 3.30. The van der Waals surface area contributed by atoms with Crippen LogP contribution in [0.3, 0.4) is 0 Å². The van der Waals surface area contributed by atoms with E-state index in [1.54, 1.807) is 38.1 Å². The molecule has 2 aromatic rings. The predicted molar refractivity (Wildman–Crippen MR) is 137 cm³/mol. The van der Waals surface area contributed by atoms with Crippen molar-refractivity contribution in [1.29, 1.82) is 0 Å². The fourth-order valence-corrected chi connectivity index (χ4v) is 4.42. The molecule has 186 valence electrons. The van der Waals surface area contributed by atoms with E-state index in [1.807, 2.05) is 31.2 Å². The van der Waals surface area contributed by atoms with Crippen molar-refractivity contribution in [3.8, 4) is 5.75 Å². The van der Waals surface area contributed by atoms with Crippen LogP contribution in [0.1, 0.15) is 32.8 Å². The molecule has 0 saturated carbocycles. The first-order chi connectivity index (χ1) is 16.1. The zero-order chi connectivity index (χ0) is 25.3. The highest BCUT2D eigenvalue weighted by Gasteiger charge is 2.31. The van der Waals surface area contributed by atoms with Gasteiger partial charge in [0.05, 0.1) is 18.6 Å². The zero-order valence-corrected chi connectivity index (χ0v) is 22.4. The van der Waals surface area contributed by atoms with Crippen molar-refractivity contribution in [2.24, 2.45) is 0 Å². The summed E-state index contributed by atoms with van der Waals surface area (Å²) in [6.45, 7) is 5.88. The van der Waals surface area contributed by atoms with Gasteiger partial charge in [-0.05, 0) is 50.1 Å². The second-order valence-corrected chi connectivity index (χ2v) is 10.6. The number of rotatable bonds is 12. The fraction of sp³-hybridized carbons (Fsp3) is 0.417. The number of halogens is 1. The highest BCUT2D eigenvalue weighted by molar-refractivity contribution is 9.10. The van der Waals surface area contributed by atoms with Gasteiger partial charge in [-0.2, -0.15) is 0 Å². The van der Waals surface area contributed by atoms with Gasteiger partial charge in [0.15, 0.2) is 0 Å². The molecule has 0 aliphatic rings. The Balaban J connectivity index is 2.40. The van der Waals surface area contributed by atoms with Crippen molar-refractivity contribution >= 4 is 43.5 Å². The Bertz CT molecular complexity index is 1080. The van der Waals surface area contributed by atoms with Gasteiger partial charge in [0.2, 0.25) is 21.8 Å². The molecular weight excluding hydrogens is 522 g/mol. The van der Waals surface area contributed by atoms with E-state index in [0.717, 1.165) is 27.0 Å². The molecule has 0 radical (unpaired) electrons. The standard InChI is InChI=1S/C24H32BrN3O5S/c1-5-15-26-24(30)18(3)27(16-19-11-13-20(25)14-12-19)23(29)17-28(34(4,31)32)21-9-7-8-10-22(21)33-6-2/h7-14,18H,5-6,15-17H2,1-4H3,(H,26,30). The predicted octanol–water partition coefficient (Wildman–Crippen LogP) is 3.56. The quantitative estimate of drug-likeness (QED) is 0.433. The molecule has 34 heavy (non-hydrogen) atoms. The van der Waals surface area contributed by atoms with Gasteiger partial charge in [0, 0.05) is 17.6 Å². The van der Waals surface area contributed by atoms with Gasteiger partial charge in [0.25, 0.3) is 0 Å². The number of amides is 2. The molecule has 0 aliphatic carbocycles. The zero-order valence-electron chi connectivity index (χ0n) is 20.0. The van der Waals surface area contributed by atoms with Gasteiger partial charge >= 0.3 is 0 Å². The third-order valence-electron chi connectivity index (χ3n) is 5.10. The van der Waals surface area contributed by atoms with Crippen LogP contribution in [-0.2, 0) is 26.2 Å². The largest absolute Gasteiger partial charge is 0.492 e. The van der Waals surface area contributed by atoms with Gasteiger partial charge in [-0.25, -0.2) is 8.42 Å². The summed E-state index contributed by atoms with van der Waals surface area (Å²) in [5, 5.41) is 2.81. The van der Waals surface area contributed by atoms with Crippen molar-refractivity contribution in [3.05, 3.63) is 58.6 Å². The molecule has 2 amide bonds. The summed E-state index contributed by atoms with van der Waals surface area (Å²) in [6.07, 6.45) is 1.80. The molecule has 0 spiro atoms. The van der Waals surface area contributed by atoms with E-state index in [9.17, 15) is 18.0 Å². The van der Waals surface area contributed by atoms with E-state index in [1.165, 1.54) is 4.90 Å². The van der Waals surface area contributed by atoms with Crippen LogP contribution in [0, 0.1) is 0 Å². The number of ether oxygens (including phenoxy) is 1. The Hall–Kier alpha value is -2.59. The minimum absolute atomic E-state index is 0.150. The number of benzene rings is 2. The summed E-state index contributed by atoms with van der Waals surface area (Å²) in [5.41, 5.74) is 1.08. The molecule has 0 heterocycles. The lowest BCUT2D eigenvalue weighted by molar-refractivity contribution is -0.139. The van der Waals surface area contributed by atoms with E-state index in [0.29, 0.717) is 18.9 Å². The number of nitrogens with one attached hydrogen (secondary N) is 1. The molecule has 1 unspecified atom stereocenters. The molecule has 2 rings (SSSR count). The van der Waals surface area contributed by atoms with Crippen molar-refractivity contribution in [3.63, 3.8) is 0 Å². The summed E-state index contributed by atoms with van der Waals surface area (Å²) in [7, 11) is -3.83. The van der Waals surface area contributed by atoms with Crippen LogP contribution in [0.5, 0.6) is 5.75 Å². The van der Waals surface area contributed by atoms with Crippen molar-refractivity contribution < 1.29 is 22.7 Å². The summed E-state index contributed by atoms with van der Waals surface area (Å²) >= 11 is 3.39. The smallest absolute Gasteiger partial charge is 0.244 e. The number of hydrogen-bond acceptors (Lipinski definition) is 5. The molecule has 0 fully saturated rings. The third kappa shape index (κ3) is 7.73. The van der Waals surface area contributed by atoms with Gasteiger partial charge in [0.1, 0.15) is 18.3 Å². The monoisotopic (exact) mass is 553 g/mol. The maximum Gasteiger partial charge on any atom is 0.244 e. The normalized spacial score (nSPS) is 12.0. The maximum atomic E-state index is 13.5. The van der Waals surface area contributed by atoms with Crippen molar-refractivity contribution in [2.75, 3.05) is 30.3 Å². The number of carbonyl (C=O) groups excluding carboxylic acids is 2. The summed E-state index contributed by atoms with van der Waals surface area (Å²) in [4.78, 5) is 27.6. The average Bonchev–Trinajstić information content (AvgIpc) is 2.80. The topological polar surface area (TPSA) is 96.0 Å². The third-order valence-corrected chi connectivity index (χ3v) is 6.75. The molecule has 10 heteroatoms. The van der Waals surface area contributed by atoms with Crippen LogP contribution in [-0.4, -0.2) is 57.1 Å². The second kappa shape index (κ2) is 12.8. The minimum atomic E-state index is -3.83. The summed E-state index contributed by atoms with van der Waals surface area (Å²) in [5.74, 6) is -0.442.